The molecular weight excluding hydrogens is 532 g/mol. The third kappa shape index (κ3) is 4.83. The summed E-state index contributed by atoms with van der Waals surface area (Å²) in [4.78, 5) is 2.35. The van der Waals surface area contributed by atoms with E-state index < -0.39 is 0 Å². The van der Waals surface area contributed by atoms with Crippen LogP contribution in [0.3, 0.4) is 0 Å². The first-order chi connectivity index (χ1) is 21.8. The van der Waals surface area contributed by atoms with E-state index in [0.717, 1.165) is 22.7 Å². The van der Waals surface area contributed by atoms with Crippen LogP contribution in [0, 0.1) is 0 Å². The summed E-state index contributed by atoms with van der Waals surface area (Å²) in [7, 11) is 0. The molecule has 0 aliphatic heterocycles. The lowest BCUT2D eigenvalue weighted by molar-refractivity contribution is 1.13. The summed E-state index contributed by atoms with van der Waals surface area (Å²) in [5.41, 5.74) is 10.5. The van der Waals surface area contributed by atoms with Crippen molar-refractivity contribution < 1.29 is 0 Å². The van der Waals surface area contributed by atoms with Gasteiger partial charge in [0.15, 0.2) is 0 Å². The second-order valence-corrected chi connectivity index (χ2v) is 11.1. The number of hydrogen-bond acceptors (Lipinski definition) is 1. The summed E-state index contributed by atoms with van der Waals surface area (Å²) in [5.74, 6) is 0. The molecule has 1 aromatic heterocycles. The topological polar surface area (TPSA) is 8.17 Å². The molecule has 0 unspecified atom stereocenters. The molecule has 0 aliphatic carbocycles. The second-order valence-electron chi connectivity index (χ2n) is 11.1. The van der Waals surface area contributed by atoms with E-state index in [0.29, 0.717) is 0 Å². The zero-order valence-electron chi connectivity index (χ0n) is 24.2. The van der Waals surface area contributed by atoms with Crippen molar-refractivity contribution in [2.75, 3.05) is 4.90 Å². The fourth-order valence-electron chi connectivity index (χ4n) is 6.14. The quantitative estimate of drug-likeness (QED) is 0.196. The number of para-hydroxylation sites is 1. The van der Waals surface area contributed by atoms with E-state index in [-0.39, 0.29) is 0 Å². The van der Waals surface area contributed by atoms with E-state index in [4.69, 9.17) is 0 Å². The Labute approximate surface area is 257 Å². The Kier molecular flexibility index (Phi) is 6.51. The summed E-state index contributed by atoms with van der Waals surface area (Å²) in [6.45, 7) is 0. The number of nitrogens with zero attached hydrogens (tertiary/aromatic N) is 2. The molecule has 8 aromatic rings. The summed E-state index contributed by atoms with van der Waals surface area (Å²) in [6.07, 6.45) is 2.15. The molecule has 8 rings (SSSR count). The van der Waals surface area contributed by atoms with Crippen LogP contribution in [0.4, 0.5) is 17.1 Å². The van der Waals surface area contributed by atoms with Crippen LogP contribution < -0.4 is 4.90 Å². The minimum absolute atomic E-state index is 1.11. The van der Waals surface area contributed by atoms with E-state index in [1.54, 1.807) is 0 Å². The molecule has 0 bridgehead atoms. The third-order valence-electron chi connectivity index (χ3n) is 8.41. The molecule has 2 nitrogen and oxygen atoms in total. The highest BCUT2D eigenvalue weighted by Crippen LogP contribution is 2.38. The van der Waals surface area contributed by atoms with Gasteiger partial charge in [-0.05, 0) is 99.8 Å². The highest BCUT2D eigenvalue weighted by molar-refractivity contribution is 5.90. The first-order valence-corrected chi connectivity index (χ1v) is 15.0. The van der Waals surface area contributed by atoms with Crippen molar-refractivity contribution in [3.63, 3.8) is 0 Å². The van der Waals surface area contributed by atoms with Crippen molar-refractivity contribution in [2.24, 2.45) is 0 Å². The Morgan fingerprint density at radius 2 is 0.886 bits per heavy atom. The van der Waals surface area contributed by atoms with Crippen LogP contribution in [-0.4, -0.2) is 4.57 Å². The average molecular weight is 563 g/mol. The first-order valence-electron chi connectivity index (χ1n) is 15.0. The Bertz CT molecular complexity index is 2190. The number of aromatic nitrogens is 1. The first kappa shape index (κ1) is 25.8. The maximum absolute atomic E-state index is 2.35. The smallest absolute Gasteiger partial charge is 0.0529 e. The predicted octanol–water partition coefficient (Wildman–Crippen LogP) is 11.6. The SMILES string of the molecule is c1ccc(-c2ccc(N(c3ccc(-c4ccc5ccccc5c4)cc3)c3ccc4c(ccn4-c4ccccc4)c3)cc2)cc1. The second kappa shape index (κ2) is 11.1. The summed E-state index contributed by atoms with van der Waals surface area (Å²) in [6, 6.07) is 63.0. The van der Waals surface area contributed by atoms with Gasteiger partial charge >= 0.3 is 0 Å². The normalized spacial score (nSPS) is 11.2. The zero-order valence-corrected chi connectivity index (χ0v) is 24.2. The van der Waals surface area contributed by atoms with Crippen LogP contribution in [0.5, 0.6) is 0 Å². The van der Waals surface area contributed by atoms with E-state index in [9.17, 15) is 0 Å². The predicted molar refractivity (Wildman–Crippen MR) is 186 cm³/mol. The largest absolute Gasteiger partial charge is 0.317 e. The number of benzene rings is 7. The Hall–Kier alpha value is -5.86. The standard InChI is InChI=1S/C42H30N2/c1-3-9-31(10-4-1)33-17-21-39(22-18-33)44(41-25-26-42-37(30-41)27-28-43(42)38-13-5-2-6-14-38)40-23-19-34(20-24-40)36-16-15-32-11-7-8-12-35(32)29-36/h1-30H. The van der Waals surface area contributed by atoms with Crippen molar-refractivity contribution >= 4 is 38.7 Å². The van der Waals surface area contributed by atoms with Gasteiger partial charge in [0.25, 0.3) is 0 Å². The minimum Gasteiger partial charge on any atom is -0.317 e. The van der Waals surface area contributed by atoms with Gasteiger partial charge in [-0.2, -0.15) is 0 Å². The highest BCUT2D eigenvalue weighted by atomic mass is 15.1. The number of anilines is 3. The molecule has 0 radical (unpaired) electrons. The molecule has 0 saturated heterocycles. The summed E-state index contributed by atoms with van der Waals surface area (Å²) in [5, 5.41) is 3.71. The summed E-state index contributed by atoms with van der Waals surface area (Å²) < 4.78 is 2.25. The lowest BCUT2D eigenvalue weighted by Gasteiger charge is -2.26. The lowest BCUT2D eigenvalue weighted by Crippen LogP contribution is -2.09. The van der Waals surface area contributed by atoms with Gasteiger partial charge in [0.05, 0.1) is 5.52 Å². The van der Waals surface area contributed by atoms with Crippen LogP contribution in [0.2, 0.25) is 0 Å². The molecule has 1 heterocycles. The van der Waals surface area contributed by atoms with Crippen LogP contribution in [0.1, 0.15) is 0 Å². The van der Waals surface area contributed by atoms with Gasteiger partial charge in [0.2, 0.25) is 0 Å². The van der Waals surface area contributed by atoms with Crippen molar-refractivity contribution in [1.29, 1.82) is 0 Å². The molecule has 7 aromatic carbocycles. The minimum atomic E-state index is 1.11. The van der Waals surface area contributed by atoms with Gasteiger partial charge in [-0.3, -0.25) is 0 Å². The van der Waals surface area contributed by atoms with Crippen LogP contribution in [0.25, 0.3) is 49.6 Å². The zero-order chi connectivity index (χ0) is 29.3. The molecule has 0 N–H and O–H groups in total. The fourth-order valence-corrected chi connectivity index (χ4v) is 6.14. The van der Waals surface area contributed by atoms with Gasteiger partial charge in [0.1, 0.15) is 0 Å². The molecule has 44 heavy (non-hydrogen) atoms. The monoisotopic (exact) mass is 562 g/mol. The van der Waals surface area contributed by atoms with Gasteiger partial charge in [-0.25, -0.2) is 0 Å². The molecule has 0 spiro atoms. The molecule has 208 valence electrons. The Balaban J connectivity index is 1.20. The number of fused-ring (bicyclic) bond motifs is 2. The van der Waals surface area contributed by atoms with E-state index in [2.05, 4.69) is 192 Å². The lowest BCUT2D eigenvalue weighted by atomic mass is 10.0. The maximum atomic E-state index is 2.35. The fraction of sp³-hybridized carbons (Fsp3) is 0. The van der Waals surface area contributed by atoms with Crippen molar-refractivity contribution in [2.45, 2.75) is 0 Å². The molecule has 0 amide bonds. The molecule has 2 heteroatoms. The number of rotatable bonds is 6. The number of hydrogen-bond donors (Lipinski definition) is 0. The highest BCUT2D eigenvalue weighted by Gasteiger charge is 2.15. The molecule has 0 fully saturated rings. The van der Waals surface area contributed by atoms with Crippen LogP contribution in [-0.2, 0) is 0 Å². The van der Waals surface area contributed by atoms with Crippen molar-refractivity contribution in [3.8, 4) is 27.9 Å². The van der Waals surface area contributed by atoms with E-state index in [1.165, 1.54) is 43.9 Å². The molecule has 0 saturated carbocycles. The van der Waals surface area contributed by atoms with E-state index >= 15 is 0 Å². The van der Waals surface area contributed by atoms with E-state index in [1.807, 2.05) is 0 Å². The van der Waals surface area contributed by atoms with Gasteiger partial charge in [-0.15, -0.1) is 0 Å². The average Bonchev–Trinajstić information content (AvgIpc) is 3.53. The van der Waals surface area contributed by atoms with Gasteiger partial charge in [0, 0.05) is 34.3 Å². The van der Waals surface area contributed by atoms with Gasteiger partial charge < -0.3 is 9.47 Å². The Morgan fingerprint density at radius 1 is 0.341 bits per heavy atom. The van der Waals surface area contributed by atoms with Crippen molar-refractivity contribution in [1.82, 2.24) is 4.57 Å². The molecule has 0 atom stereocenters. The maximum Gasteiger partial charge on any atom is 0.0529 e. The Morgan fingerprint density at radius 3 is 1.59 bits per heavy atom. The molecule has 0 aliphatic rings. The molecular formula is C42H30N2. The summed E-state index contributed by atoms with van der Waals surface area (Å²) >= 11 is 0. The van der Waals surface area contributed by atoms with Gasteiger partial charge in [-0.1, -0.05) is 109 Å². The van der Waals surface area contributed by atoms with Crippen molar-refractivity contribution in [3.05, 3.63) is 182 Å². The third-order valence-corrected chi connectivity index (χ3v) is 8.41. The van der Waals surface area contributed by atoms with Crippen LogP contribution in [0.15, 0.2) is 182 Å². The van der Waals surface area contributed by atoms with Crippen LogP contribution >= 0.6 is 0 Å².